The van der Waals surface area contributed by atoms with Gasteiger partial charge in [0.2, 0.25) is 0 Å². The molecule has 0 aliphatic carbocycles. The molecule has 0 saturated heterocycles. The third-order valence-electron chi connectivity index (χ3n) is 2.96. The molecule has 0 bridgehead atoms. The largest absolute Gasteiger partial charge is 0.495 e. The Bertz CT molecular complexity index is 513. The number of nitrogens with one attached hydrogen (secondary N) is 1. The lowest BCUT2D eigenvalue weighted by molar-refractivity contribution is 0.416. The Labute approximate surface area is 119 Å². The molecule has 3 heteroatoms. The van der Waals surface area contributed by atoms with Gasteiger partial charge in [0.25, 0.3) is 0 Å². The Morgan fingerprint density at radius 2 is 1.89 bits per heavy atom. The molecule has 0 spiro atoms. The monoisotopic (exact) mass is 275 g/mol. The molecule has 19 heavy (non-hydrogen) atoms. The van der Waals surface area contributed by atoms with Crippen LogP contribution in [0, 0.1) is 0 Å². The molecular formula is C16H18ClNO. The second kappa shape index (κ2) is 7.05. The predicted molar refractivity (Wildman–Crippen MR) is 81.3 cm³/mol. The van der Waals surface area contributed by atoms with E-state index in [-0.39, 0.29) is 0 Å². The SMILES string of the molecule is COc1ccc(Cl)cc1NCCCc1ccccc1. The summed E-state index contributed by atoms with van der Waals surface area (Å²) in [5.74, 6) is 0.823. The van der Waals surface area contributed by atoms with E-state index in [1.54, 1.807) is 7.11 Å². The van der Waals surface area contributed by atoms with E-state index in [4.69, 9.17) is 16.3 Å². The van der Waals surface area contributed by atoms with Crippen LogP contribution in [-0.4, -0.2) is 13.7 Å². The second-order valence-corrected chi connectivity index (χ2v) is 4.80. The Morgan fingerprint density at radius 3 is 2.63 bits per heavy atom. The van der Waals surface area contributed by atoms with Crippen LogP contribution < -0.4 is 10.1 Å². The summed E-state index contributed by atoms with van der Waals surface area (Å²) in [6.45, 7) is 0.894. The minimum atomic E-state index is 0.714. The fraction of sp³-hybridized carbons (Fsp3) is 0.250. The van der Waals surface area contributed by atoms with Gasteiger partial charge in [-0.2, -0.15) is 0 Å². The summed E-state index contributed by atoms with van der Waals surface area (Å²) in [6, 6.07) is 16.1. The van der Waals surface area contributed by atoms with Crippen LogP contribution in [0.4, 0.5) is 5.69 Å². The molecule has 0 fully saturated rings. The molecule has 0 aliphatic heterocycles. The van der Waals surface area contributed by atoms with Gasteiger partial charge in [-0.1, -0.05) is 41.9 Å². The van der Waals surface area contributed by atoms with E-state index in [1.807, 2.05) is 24.3 Å². The van der Waals surface area contributed by atoms with Crippen LogP contribution in [0.15, 0.2) is 48.5 Å². The summed E-state index contributed by atoms with van der Waals surface area (Å²) in [7, 11) is 1.67. The van der Waals surface area contributed by atoms with Crippen LogP contribution in [0.25, 0.3) is 0 Å². The van der Waals surface area contributed by atoms with Crippen molar-refractivity contribution >= 4 is 17.3 Å². The lowest BCUT2D eigenvalue weighted by Crippen LogP contribution is -2.04. The van der Waals surface area contributed by atoms with E-state index < -0.39 is 0 Å². The quantitative estimate of drug-likeness (QED) is 0.789. The number of hydrogen-bond donors (Lipinski definition) is 1. The van der Waals surface area contributed by atoms with Gasteiger partial charge in [0.15, 0.2) is 0 Å². The molecule has 0 saturated carbocycles. The van der Waals surface area contributed by atoms with Gasteiger partial charge in [-0.3, -0.25) is 0 Å². The minimum absolute atomic E-state index is 0.714. The molecule has 2 aromatic carbocycles. The zero-order chi connectivity index (χ0) is 13.5. The van der Waals surface area contributed by atoms with Gasteiger partial charge in [0.05, 0.1) is 12.8 Å². The van der Waals surface area contributed by atoms with Crippen molar-refractivity contribution in [1.82, 2.24) is 0 Å². The van der Waals surface area contributed by atoms with E-state index in [2.05, 4.69) is 29.6 Å². The Morgan fingerprint density at radius 1 is 1.11 bits per heavy atom. The van der Waals surface area contributed by atoms with Gasteiger partial charge in [-0.05, 0) is 36.6 Å². The van der Waals surface area contributed by atoms with Gasteiger partial charge in [-0.25, -0.2) is 0 Å². The van der Waals surface area contributed by atoms with Gasteiger partial charge in [0, 0.05) is 11.6 Å². The lowest BCUT2D eigenvalue weighted by atomic mass is 10.1. The van der Waals surface area contributed by atoms with Crippen LogP contribution >= 0.6 is 11.6 Å². The van der Waals surface area contributed by atoms with Crippen molar-refractivity contribution in [1.29, 1.82) is 0 Å². The first-order chi connectivity index (χ1) is 9.29. The van der Waals surface area contributed by atoms with E-state index in [1.165, 1.54) is 5.56 Å². The maximum Gasteiger partial charge on any atom is 0.142 e. The van der Waals surface area contributed by atoms with Crippen molar-refractivity contribution in [3.8, 4) is 5.75 Å². The maximum absolute atomic E-state index is 5.99. The topological polar surface area (TPSA) is 21.3 Å². The number of benzene rings is 2. The summed E-state index contributed by atoms with van der Waals surface area (Å²) < 4.78 is 5.29. The van der Waals surface area contributed by atoms with Crippen LogP contribution in [0.1, 0.15) is 12.0 Å². The van der Waals surface area contributed by atoms with Crippen molar-refractivity contribution in [2.75, 3.05) is 19.0 Å². The predicted octanol–water partition coefficient (Wildman–Crippen LogP) is 4.39. The number of halogens is 1. The highest BCUT2D eigenvalue weighted by Gasteiger charge is 2.02. The highest BCUT2D eigenvalue weighted by molar-refractivity contribution is 6.30. The molecule has 0 amide bonds. The number of aryl methyl sites for hydroxylation is 1. The molecule has 0 aromatic heterocycles. The molecule has 0 radical (unpaired) electrons. The molecule has 0 unspecified atom stereocenters. The van der Waals surface area contributed by atoms with Crippen molar-refractivity contribution in [2.24, 2.45) is 0 Å². The highest BCUT2D eigenvalue weighted by atomic mass is 35.5. The summed E-state index contributed by atoms with van der Waals surface area (Å²) in [4.78, 5) is 0. The first-order valence-electron chi connectivity index (χ1n) is 6.41. The Kier molecular flexibility index (Phi) is 5.10. The minimum Gasteiger partial charge on any atom is -0.495 e. The van der Waals surface area contributed by atoms with E-state index in [0.717, 1.165) is 30.8 Å². The zero-order valence-corrected chi connectivity index (χ0v) is 11.8. The van der Waals surface area contributed by atoms with Crippen LogP contribution in [0.3, 0.4) is 0 Å². The van der Waals surface area contributed by atoms with E-state index >= 15 is 0 Å². The van der Waals surface area contributed by atoms with E-state index in [9.17, 15) is 0 Å². The molecule has 0 atom stereocenters. The lowest BCUT2D eigenvalue weighted by Gasteiger charge is -2.11. The third-order valence-corrected chi connectivity index (χ3v) is 3.20. The van der Waals surface area contributed by atoms with Crippen LogP contribution in [0.2, 0.25) is 5.02 Å². The van der Waals surface area contributed by atoms with Gasteiger partial charge < -0.3 is 10.1 Å². The average Bonchev–Trinajstić information content (AvgIpc) is 2.45. The smallest absolute Gasteiger partial charge is 0.142 e. The molecule has 2 nitrogen and oxygen atoms in total. The molecule has 0 heterocycles. The second-order valence-electron chi connectivity index (χ2n) is 4.36. The van der Waals surface area contributed by atoms with E-state index in [0.29, 0.717) is 5.02 Å². The Balaban J connectivity index is 1.84. The van der Waals surface area contributed by atoms with Crippen molar-refractivity contribution in [2.45, 2.75) is 12.8 Å². The molecule has 100 valence electrons. The van der Waals surface area contributed by atoms with Crippen LogP contribution in [0.5, 0.6) is 5.75 Å². The number of ether oxygens (including phenoxy) is 1. The zero-order valence-electron chi connectivity index (χ0n) is 11.0. The van der Waals surface area contributed by atoms with Crippen molar-refractivity contribution < 1.29 is 4.74 Å². The summed E-state index contributed by atoms with van der Waals surface area (Å²) in [5, 5.41) is 4.08. The standard InChI is InChI=1S/C16H18ClNO/c1-19-16-10-9-14(17)12-15(16)18-11-5-8-13-6-3-2-4-7-13/h2-4,6-7,9-10,12,18H,5,8,11H2,1H3. The molecule has 1 N–H and O–H groups in total. The fourth-order valence-corrected chi connectivity index (χ4v) is 2.15. The van der Waals surface area contributed by atoms with Crippen molar-refractivity contribution in [3.63, 3.8) is 0 Å². The Hall–Kier alpha value is -1.67. The van der Waals surface area contributed by atoms with Crippen molar-refractivity contribution in [3.05, 3.63) is 59.1 Å². The molecule has 2 aromatic rings. The third kappa shape index (κ3) is 4.18. The molecule has 2 rings (SSSR count). The summed E-state index contributed by atoms with van der Waals surface area (Å²) in [5.41, 5.74) is 2.31. The van der Waals surface area contributed by atoms with Gasteiger partial charge in [0.1, 0.15) is 5.75 Å². The number of methoxy groups -OCH3 is 1. The first-order valence-corrected chi connectivity index (χ1v) is 6.79. The normalized spacial score (nSPS) is 10.2. The number of anilines is 1. The van der Waals surface area contributed by atoms with Gasteiger partial charge in [-0.15, -0.1) is 0 Å². The highest BCUT2D eigenvalue weighted by Crippen LogP contribution is 2.27. The fourth-order valence-electron chi connectivity index (χ4n) is 1.98. The molecular weight excluding hydrogens is 258 g/mol. The first kappa shape index (κ1) is 13.8. The van der Waals surface area contributed by atoms with Gasteiger partial charge >= 0.3 is 0 Å². The van der Waals surface area contributed by atoms with Crippen LogP contribution in [-0.2, 0) is 6.42 Å². The summed E-state index contributed by atoms with van der Waals surface area (Å²) in [6.07, 6.45) is 2.14. The average molecular weight is 276 g/mol. The summed E-state index contributed by atoms with van der Waals surface area (Å²) >= 11 is 5.99. The molecule has 0 aliphatic rings. The number of hydrogen-bond acceptors (Lipinski definition) is 2. The maximum atomic E-state index is 5.99. The number of rotatable bonds is 6.